The molecule has 0 aliphatic heterocycles. The highest BCUT2D eigenvalue weighted by molar-refractivity contribution is 5.97. The van der Waals surface area contributed by atoms with E-state index >= 15 is 0 Å². The third kappa shape index (κ3) is 5.10. The fourth-order valence-electron chi connectivity index (χ4n) is 2.51. The van der Waals surface area contributed by atoms with Crippen molar-refractivity contribution in [3.8, 4) is 5.75 Å². The predicted molar refractivity (Wildman–Crippen MR) is 98.1 cm³/mol. The minimum absolute atomic E-state index is 0.00151. The largest absolute Gasteiger partial charge is 0.497 e. The van der Waals surface area contributed by atoms with E-state index in [0.29, 0.717) is 12.1 Å². The van der Waals surface area contributed by atoms with Crippen molar-refractivity contribution in [2.24, 2.45) is 0 Å². The van der Waals surface area contributed by atoms with Gasteiger partial charge in [0.15, 0.2) is 0 Å². The van der Waals surface area contributed by atoms with E-state index in [-0.39, 0.29) is 17.9 Å². The van der Waals surface area contributed by atoms with Gasteiger partial charge in [-0.3, -0.25) is 9.59 Å². The van der Waals surface area contributed by atoms with E-state index in [2.05, 4.69) is 10.6 Å². The molecule has 2 atom stereocenters. The molecule has 0 spiro atoms. The summed E-state index contributed by atoms with van der Waals surface area (Å²) < 4.78 is 10.0. The number of hydrogen-bond acceptors (Lipinski definition) is 5. The van der Waals surface area contributed by atoms with E-state index in [0.717, 1.165) is 11.3 Å². The molecule has 2 amide bonds. The molecule has 26 heavy (non-hydrogen) atoms. The summed E-state index contributed by atoms with van der Waals surface area (Å²) in [4.78, 5) is 26.3. The van der Waals surface area contributed by atoms with E-state index in [1.54, 1.807) is 20.1 Å². The van der Waals surface area contributed by atoms with Gasteiger partial charge < -0.3 is 24.7 Å². The Morgan fingerprint density at radius 3 is 2.42 bits per heavy atom. The van der Waals surface area contributed by atoms with Crippen molar-refractivity contribution in [1.29, 1.82) is 0 Å². The smallest absolute Gasteiger partial charge is 0.255 e. The highest BCUT2D eigenvalue weighted by atomic mass is 16.5. The van der Waals surface area contributed by atoms with E-state index in [1.807, 2.05) is 43.3 Å². The molecule has 0 aliphatic rings. The molecule has 140 valence electrons. The summed E-state index contributed by atoms with van der Waals surface area (Å²) in [5.41, 5.74) is 1.44. The normalized spacial score (nSPS) is 13.1. The van der Waals surface area contributed by atoms with Crippen molar-refractivity contribution in [2.75, 3.05) is 27.7 Å². The fourth-order valence-corrected chi connectivity index (χ4v) is 2.51. The van der Waals surface area contributed by atoms with Crippen LogP contribution < -0.4 is 15.4 Å². The second kappa shape index (κ2) is 9.05. The second-order valence-corrected chi connectivity index (χ2v) is 6.20. The molecule has 1 heterocycles. The number of rotatable bonds is 8. The van der Waals surface area contributed by atoms with Gasteiger partial charge in [0, 0.05) is 6.54 Å². The Balaban J connectivity index is 1.92. The zero-order valence-electron chi connectivity index (χ0n) is 15.5. The van der Waals surface area contributed by atoms with Crippen LogP contribution in [0.4, 0.5) is 0 Å². The van der Waals surface area contributed by atoms with E-state index < -0.39 is 6.04 Å². The van der Waals surface area contributed by atoms with Gasteiger partial charge in [0.05, 0.1) is 25.0 Å². The van der Waals surface area contributed by atoms with Crippen LogP contribution in [0.5, 0.6) is 5.75 Å². The standard InChI is InChI=1S/C19H25N3O4/c1-13(21-19(24)15-9-10-26-12-15)18(23)20-11-17(22(2)3)14-5-7-16(25-4)8-6-14/h5-10,12-13,17H,11H2,1-4H3,(H,20,23)(H,21,24). The Labute approximate surface area is 153 Å². The Hall–Kier alpha value is -2.80. The maximum Gasteiger partial charge on any atom is 0.255 e. The summed E-state index contributed by atoms with van der Waals surface area (Å²) in [6.45, 7) is 2.06. The maximum atomic E-state index is 12.3. The van der Waals surface area contributed by atoms with Crippen LogP contribution in [0.1, 0.15) is 28.9 Å². The van der Waals surface area contributed by atoms with Crippen LogP contribution >= 0.6 is 0 Å². The number of nitrogens with zero attached hydrogens (tertiary/aromatic N) is 1. The van der Waals surface area contributed by atoms with Crippen LogP contribution in [-0.4, -0.2) is 50.5 Å². The van der Waals surface area contributed by atoms with Gasteiger partial charge >= 0.3 is 0 Å². The summed E-state index contributed by atoms with van der Waals surface area (Å²) in [5.74, 6) is 0.189. The van der Waals surface area contributed by atoms with E-state index in [4.69, 9.17) is 9.15 Å². The van der Waals surface area contributed by atoms with E-state index in [1.165, 1.54) is 12.5 Å². The zero-order chi connectivity index (χ0) is 19.1. The molecule has 2 N–H and O–H groups in total. The number of methoxy groups -OCH3 is 1. The number of hydrogen-bond donors (Lipinski definition) is 2. The number of furan rings is 1. The molecule has 1 aromatic carbocycles. The first kappa shape index (κ1) is 19.5. The van der Waals surface area contributed by atoms with Crippen molar-refractivity contribution in [3.63, 3.8) is 0 Å². The Morgan fingerprint density at radius 1 is 1.19 bits per heavy atom. The van der Waals surface area contributed by atoms with Gasteiger partial charge in [0.25, 0.3) is 5.91 Å². The molecule has 0 radical (unpaired) electrons. The SMILES string of the molecule is COc1ccc(C(CNC(=O)C(C)NC(=O)c2ccoc2)N(C)C)cc1. The van der Waals surface area contributed by atoms with Crippen LogP contribution in [-0.2, 0) is 4.79 Å². The molecule has 0 fully saturated rings. The van der Waals surface area contributed by atoms with Gasteiger partial charge in [-0.2, -0.15) is 0 Å². The number of likely N-dealkylation sites (N-methyl/N-ethyl adjacent to an activating group) is 1. The third-order valence-electron chi connectivity index (χ3n) is 4.12. The van der Waals surface area contributed by atoms with Crippen LogP contribution in [0, 0.1) is 0 Å². The molecule has 0 saturated heterocycles. The van der Waals surface area contributed by atoms with Gasteiger partial charge in [-0.15, -0.1) is 0 Å². The van der Waals surface area contributed by atoms with Gasteiger partial charge in [0.1, 0.15) is 18.1 Å². The number of ether oxygens (including phenoxy) is 1. The molecule has 7 heteroatoms. The molecule has 2 unspecified atom stereocenters. The average molecular weight is 359 g/mol. The lowest BCUT2D eigenvalue weighted by Crippen LogP contribution is -2.46. The topological polar surface area (TPSA) is 83.8 Å². The van der Waals surface area contributed by atoms with Crippen molar-refractivity contribution in [2.45, 2.75) is 19.0 Å². The zero-order valence-corrected chi connectivity index (χ0v) is 15.5. The van der Waals surface area contributed by atoms with Gasteiger partial charge in [0.2, 0.25) is 5.91 Å². The summed E-state index contributed by atoms with van der Waals surface area (Å²) in [5, 5.41) is 5.54. The number of nitrogens with one attached hydrogen (secondary N) is 2. The van der Waals surface area contributed by atoms with Crippen LogP contribution in [0.3, 0.4) is 0 Å². The third-order valence-corrected chi connectivity index (χ3v) is 4.12. The molecular formula is C19H25N3O4. The lowest BCUT2D eigenvalue weighted by atomic mass is 10.1. The first-order chi connectivity index (χ1) is 12.4. The van der Waals surface area contributed by atoms with Crippen molar-refractivity contribution < 1.29 is 18.7 Å². The number of benzene rings is 1. The molecule has 0 aliphatic carbocycles. The quantitative estimate of drug-likeness (QED) is 0.751. The summed E-state index contributed by atoms with van der Waals surface area (Å²) in [7, 11) is 5.52. The monoisotopic (exact) mass is 359 g/mol. The van der Waals surface area contributed by atoms with Crippen molar-refractivity contribution in [1.82, 2.24) is 15.5 Å². The average Bonchev–Trinajstić information content (AvgIpc) is 3.16. The minimum Gasteiger partial charge on any atom is -0.497 e. The predicted octanol–water partition coefficient (Wildman–Crippen LogP) is 1.83. The van der Waals surface area contributed by atoms with Crippen LogP contribution in [0.25, 0.3) is 0 Å². The molecule has 1 aromatic heterocycles. The highest BCUT2D eigenvalue weighted by Crippen LogP contribution is 2.20. The lowest BCUT2D eigenvalue weighted by Gasteiger charge is -2.26. The minimum atomic E-state index is -0.656. The molecule has 0 bridgehead atoms. The molecule has 2 rings (SSSR count). The Kier molecular flexibility index (Phi) is 6.80. The summed E-state index contributed by atoms with van der Waals surface area (Å²) in [6, 6.07) is 8.62. The van der Waals surface area contributed by atoms with Crippen LogP contribution in [0.15, 0.2) is 47.3 Å². The van der Waals surface area contributed by atoms with Gasteiger partial charge in [-0.25, -0.2) is 0 Å². The number of carbonyl (C=O) groups excluding carboxylic acids is 2. The number of carbonyl (C=O) groups is 2. The Morgan fingerprint density at radius 2 is 1.88 bits per heavy atom. The molecule has 0 saturated carbocycles. The van der Waals surface area contributed by atoms with Crippen molar-refractivity contribution in [3.05, 3.63) is 54.0 Å². The van der Waals surface area contributed by atoms with Gasteiger partial charge in [-0.05, 0) is 44.8 Å². The van der Waals surface area contributed by atoms with Gasteiger partial charge in [-0.1, -0.05) is 12.1 Å². The highest BCUT2D eigenvalue weighted by Gasteiger charge is 2.20. The second-order valence-electron chi connectivity index (χ2n) is 6.20. The fraction of sp³-hybridized carbons (Fsp3) is 0.368. The first-order valence-corrected chi connectivity index (χ1v) is 8.33. The van der Waals surface area contributed by atoms with Crippen LogP contribution in [0.2, 0.25) is 0 Å². The summed E-state index contributed by atoms with van der Waals surface area (Å²) in [6.07, 6.45) is 2.75. The molecule has 2 aromatic rings. The van der Waals surface area contributed by atoms with Crippen molar-refractivity contribution >= 4 is 11.8 Å². The molecule has 7 nitrogen and oxygen atoms in total. The number of amides is 2. The maximum absolute atomic E-state index is 12.3. The Bertz CT molecular complexity index is 711. The molecular weight excluding hydrogens is 334 g/mol. The lowest BCUT2D eigenvalue weighted by molar-refractivity contribution is -0.122. The first-order valence-electron chi connectivity index (χ1n) is 8.33. The van der Waals surface area contributed by atoms with E-state index in [9.17, 15) is 9.59 Å². The summed E-state index contributed by atoms with van der Waals surface area (Å²) >= 11 is 0.